The van der Waals surface area contributed by atoms with Gasteiger partial charge in [-0.05, 0) is 51.9 Å². The largest absolute Gasteiger partial charge is 0.480 e. The van der Waals surface area contributed by atoms with E-state index >= 15 is 0 Å². The van der Waals surface area contributed by atoms with Crippen molar-refractivity contribution in [1.82, 2.24) is 4.90 Å². The molecule has 6 heteroatoms. The summed E-state index contributed by atoms with van der Waals surface area (Å²) < 4.78 is 6.80. The highest BCUT2D eigenvalue weighted by molar-refractivity contribution is 9.13. The lowest BCUT2D eigenvalue weighted by Crippen LogP contribution is -2.35. The van der Waals surface area contributed by atoms with Crippen LogP contribution in [-0.2, 0) is 11.3 Å². The Morgan fingerprint density at radius 1 is 1.67 bits per heavy atom. The molecule has 1 heterocycles. The number of hydrogen-bond donors (Lipinski definition) is 1. The van der Waals surface area contributed by atoms with Crippen LogP contribution in [0.1, 0.15) is 12.7 Å². The van der Waals surface area contributed by atoms with Crippen molar-refractivity contribution in [2.75, 3.05) is 7.05 Å². The fourth-order valence-corrected chi connectivity index (χ4v) is 1.70. The Morgan fingerprint density at radius 2 is 2.27 bits per heavy atom. The number of likely N-dealkylation sites (N-methyl/N-ethyl adjacent to an activating group) is 1. The molecule has 1 atom stereocenters. The maximum atomic E-state index is 10.7. The summed E-state index contributed by atoms with van der Waals surface area (Å²) in [6.45, 7) is 2.09. The molecule has 0 bridgehead atoms. The molecule has 1 aromatic rings. The van der Waals surface area contributed by atoms with Crippen LogP contribution in [0.3, 0.4) is 0 Å². The second kappa shape index (κ2) is 5.14. The number of hydrogen-bond acceptors (Lipinski definition) is 3. The lowest BCUT2D eigenvalue weighted by molar-refractivity contribution is -0.142. The zero-order valence-corrected chi connectivity index (χ0v) is 11.5. The first-order chi connectivity index (χ1) is 6.91. The Labute approximate surface area is 105 Å². The number of halogens is 2. The van der Waals surface area contributed by atoms with Crippen molar-refractivity contribution in [3.05, 3.63) is 21.0 Å². The minimum absolute atomic E-state index is 0.456. The van der Waals surface area contributed by atoms with E-state index in [-0.39, 0.29) is 0 Å². The van der Waals surface area contributed by atoms with Gasteiger partial charge >= 0.3 is 5.97 Å². The number of rotatable bonds is 4. The predicted molar refractivity (Wildman–Crippen MR) is 62.7 cm³/mol. The van der Waals surface area contributed by atoms with Gasteiger partial charge in [0.15, 0.2) is 4.67 Å². The third-order valence-corrected chi connectivity index (χ3v) is 3.83. The van der Waals surface area contributed by atoms with Crippen molar-refractivity contribution >= 4 is 37.8 Å². The molecule has 84 valence electrons. The fraction of sp³-hybridized carbons (Fsp3) is 0.444. The second-order valence-corrected chi connectivity index (χ2v) is 4.84. The number of furan rings is 1. The molecule has 0 aliphatic carbocycles. The van der Waals surface area contributed by atoms with E-state index in [1.807, 2.05) is 6.07 Å². The lowest BCUT2D eigenvalue weighted by atomic mass is 10.3. The molecule has 0 saturated heterocycles. The molecule has 0 fully saturated rings. The van der Waals surface area contributed by atoms with Crippen LogP contribution in [0.2, 0.25) is 0 Å². The smallest absolute Gasteiger partial charge is 0.320 e. The van der Waals surface area contributed by atoms with Crippen molar-refractivity contribution in [3.8, 4) is 0 Å². The highest BCUT2D eigenvalue weighted by Gasteiger charge is 2.18. The number of carboxylic acids is 1. The number of aliphatic carboxylic acids is 1. The van der Waals surface area contributed by atoms with E-state index in [1.54, 1.807) is 18.9 Å². The molecule has 0 radical (unpaired) electrons. The van der Waals surface area contributed by atoms with Crippen LogP contribution in [0.25, 0.3) is 0 Å². The minimum atomic E-state index is -0.845. The van der Waals surface area contributed by atoms with Gasteiger partial charge in [0.05, 0.1) is 11.0 Å². The average Bonchev–Trinajstić information content (AvgIpc) is 2.44. The summed E-state index contributed by atoms with van der Waals surface area (Å²) in [4.78, 5) is 12.4. The van der Waals surface area contributed by atoms with E-state index < -0.39 is 12.0 Å². The lowest BCUT2D eigenvalue weighted by Gasteiger charge is -2.19. The SMILES string of the molecule is CC(C(=O)O)N(C)Cc1cc(Br)c(Br)o1. The average molecular weight is 341 g/mol. The molecule has 1 N–H and O–H groups in total. The molecule has 0 aliphatic heterocycles. The molecule has 15 heavy (non-hydrogen) atoms. The van der Waals surface area contributed by atoms with Crippen molar-refractivity contribution in [2.45, 2.75) is 19.5 Å². The van der Waals surface area contributed by atoms with Gasteiger partial charge in [-0.2, -0.15) is 0 Å². The first kappa shape index (κ1) is 12.7. The standard InChI is InChI=1S/C9H11Br2NO3/c1-5(9(13)14)12(2)4-6-3-7(10)8(11)15-6/h3,5H,4H2,1-2H3,(H,13,14). The number of carbonyl (C=O) groups is 1. The molecule has 0 spiro atoms. The van der Waals surface area contributed by atoms with Crippen LogP contribution in [0.5, 0.6) is 0 Å². The quantitative estimate of drug-likeness (QED) is 0.915. The molecule has 1 unspecified atom stereocenters. The van der Waals surface area contributed by atoms with Gasteiger partial charge in [-0.3, -0.25) is 9.69 Å². The van der Waals surface area contributed by atoms with Gasteiger partial charge in [0.2, 0.25) is 0 Å². The van der Waals surface area contributed by atoms with Gasteiger partial charge in [-0.15, -0.1) is 0 Å². The van der Waals surface area contributed by atoms with Crippen molar-refractivity contribution < 1.29 is 14.3 Å². The van der Waals surface area contributed by atoms with Gasteiger partial charge in [-0.25, -0.2) is 0 Å². The van der Waals surface area contributed by atoms with Gasteiger partial charge < -0.3 is 9.52 Å². The second-order valence-electron chi connectivity index (χ2n) is 3.26. The fourth-order valence-electron chi connectivity index (χ4n) is 1.04. The topological polar surface area (TPSA) is 53.7 Å². The Kier molecular flexibility index (Phi) is 4.36. The van der Waals surface area contributed by atoms with Gasteiger partial charge in [-0.1, -0.05) is 0 Å². The summed E-state index contributed by atoms with van der Waals surface area (Å²) in [5.74, 6) is -0.133. The van der Waals surface area contributed by atoms with Gasteiger partial charge in [0, 0.05) is 0 Å². The molecule has 0 amide bonds. The summed E-state index contributed by atoms with van der Waals surface area (Å²) in [5.41, 5.74) is 0. The van der Waals surface area contributed by atoms with Crippen LogP contribution < -0.4 is 0 Å². The molecule has 0 saturated carbocycles. The molecule has 1 rings (SSSR count). The maximum absolute atomic E-state index is 10.7. The Balaban J connectivity index is 2.66. The van der Waals surface area contributed by atoms with Crippen LogP contribution in [-0.4, -0.2) is 29.1 Å². The van der Waals surface area contributed by atoms with Gasteiger partial charge in [0.25, 0.3) is 0 Å². The first-order valence-electron chi connectivity index (χ1n) is 4.28. The molecule has 0 aliphatic rings. The Hall–Kier alpha value is -0.330. The Morgan fingerprint density at radius 3 is 2.67 bits per heavy atom. The Bertz CT molecular complexity index is 345. The minimum Gasteiger partial charge on any atom is -0.480 e. The van der Waals surface area contributed by atoms with Crippen molar-refractivity contribution in [3.63, 3.8) is 0 Å². The molecule has 0 aromatic carbocycles. The maximum Gasteiger partial charge on any atom is 0.320 e. The van der Waals surface area contributed by atoms with Crippen LogP contribution in [0, 0.1) is 0 Å². The van der Waals surface area contributed by atoms with E-state index in [9.17, 15) is 4.79 Å². The molecular formula is C9H11Br2NO3. The van der Waals surface area contributed by atoms with E-state index in [4.69, 9.17) is 9.52 Å². The monoisotopic (exact) mass is 339 g/mol. The summed E-state index contributed by atoms with van der Waals surface area (Å²) >= 11 is 6.52. The molecule has 4 nitrogen and oxygen atoms in total. The summed E-state index contributed by atoms with van der Waals surface area (Å²) in [6.07, 6.45) is 0. The van der Waals surface area contributed by atoms with Crippen molar-refractivity contribution in [2.24, 2.45) is 0 Å². The summed E-state index contributed by atoms with van der Waals surface area (Å²) in [5, 5.41) is 8.80. The first-order valence-corrected chi connectivity index (χ1v) is 5.87. The summed E-state index contributed by atoms with van der Waals surface area (Å²) in [6, 6.07) is 1.28. The van der Waals surface area contributed by atoms with Gasteiger partial charge in [0.1, 0.15) is 11.8 Å². The van der Waals surface area contributed by atoms with E-state index in [0.717, 1.165) is 4.47 Å². The third-order valence-electron chi connectivity index (χ3n) is 2.12. The summed E-state index contributed by atoms with van der Waals surface area (Å²) in [7, 11) is 1.74. The van der Waals surface area contributed by atoms with E-state index in [0.29, 0.717) is 17.0 Å². The van der Waals surface area contributed by atoms with Crippen molar-refractivity contribution in [1.29, 1.82) is 0 Å². The predicted octanol–water partition coefficient (Wildman–Crippen LogP) is 2.71. The number of nitrogens with zero attached hydrogens (tertiary/aromatic N) is 1. The van der Waals surface area contributed by atoms with Crippen LogP contribution in [0.15, 0.2) is 19.6 Å². The highest BCUT2D eigenvalue weighted by atomic mass is 79.9. The zero-order chi connectivity index (χ0) is 11.6. The van der Waals surface area contributed by atoms with Crippen LogP contribution in [0.4, 0.5) is 0 Å². The molecular weight excluding hydrogens is 330 g/mol. The number of carboxylic acid groups (broad SMARTS) is 1. The molecule has 1 aromatic heterocycles. The zero-order valence-electron chi connectivity index (χ0n) is 8.33. The highest BCUT2D eigenvalue weighted by Crippen LogP contribution is 2.27. The third kappa shape index (κ3) is 3.32. The van der Waals surface area contributed by atoms with Crippen LogP contribution >= 0.6 is 31.9 Å². The van der Waals surface area contributed by atoms with E-state index in [2.05, 4.69) is 31.9 Å². The normalized spacial score (nSPS) is 13.1. The van der Waals surface area contributed by atoms with E-state index in [1.165, 1.54) is 0 Å².